The highest BCUT2D eigenvalue weighted by Gasteiger charge is 2.15. The van der Waals surface area contributed by atoms with Crippen LogP contribution >= 0.6 is 0 Å². The SMILES string of the molecule is Fc1ccccc1C[C@@H]1CCNC1. The van der Waals surface area contributed by atoms with E-state index in [0.29, 0.717) is 5.92 Å². The van der Waals surface area contributed by atoms with Gasteiger partial charge in [-0.05, 0) is 43.5 Å². The molecule has 1 saturated heterocycles. The van der Waals surface area contributed by atoms with E-state index in [1.807, 2.05) is 12.1 Å². The first-order valence-electron chi connectivity index (χ1n) is 4.80. The Kier molecular flexibility index (Phi) is 2.60. The second-order valence-electron chi connectivity index (χ2n) is 3.65. The molecule has 0 saturated carbocycles. The highest BCUT2D eigenvalue weighted by atomic mass is 19.1. The molecular weight excluding hydrogens is 165 g/mol. The Bertz CT molecular complexity index is 279. The summed E-state index contributed by atoms with van der Waals surface area (Å²) < 4.78 is 13.2. The zero-order valence-electron chi connectivity index (χ0n) is 7.59. The highest BCUT2D eigenvalue weighted by Crippen LogP contribution is 2.17. The zero-order chi connectivity index (χ0) is 9.10. The van der Waals surface area contributed by atoms with Gasteiger partial charge in [-0.3, -0.25) is 0 Å². The molecule has 0 aromatic heterocycles. The molecule has 1 aliphatic rings. The van der Waals surface area contributed by atoms with Crippen molar-refractivity contribution in [3.8, 4) is 0 Å². The minimum Gasteiger partial charge on any atom is -0.316 e. The Morgan fingerprint density at radius 1 is 1.38 bits per heavy atom. The predicted molar refractivity (Wildman–Crippen MR) is 51.1 cm³/mol. The van der Waals surface area contributed by atoms with Crippen LogP contribution in [0.15, 0.2) is 24.3 Å². The van der Waals surface area contributed by atoms with Gasteiger partial charge in [-0.1, -0.05) is 18.2 Å². The van der Waals surface area contributed by atoms with Crippen LogP contribution in [0.4, 0.5) is 4.39 Å². The van der Waals surface area contributed by atoms with Gasteiger partial charge in [0, 0.05) is 0 Å². The van der Waals surface area contributed by atoms with E-state index in [-0.39, 0.29) is 5.82 Å². The molecule has 1 fully saturated rings. The van der Waals surface area contributed by atoms with Crippen molar-refractivity contribution in [1.29, 1.82) is 0 Å². The third kappa shape index (κ3) is 2.07. The maximum atomic E-state index is 13.2. The van der Waals surface area contributed by atoms with Crippen LogP contribution in [-0.4, -0.2) is 13.1 Å². The van der Waals surface area contributed by atoms with Crippen molar-refractivity contribution in [2.75, 3.05) is 13.1 Å². The molecule has 1 aromatic rings. The van der Waals surface area contributed by atoms with E-state index in [0.717, 1.165) is 25.1 Å². The van der Waals surface area contributed by atoms with Crippen molar-refractivity contribution in [2.24, 2.45) is 5.92 Å². The standard InChI is InChI=1S/C11H14FN/c12-11-4-2-1-3-10(11)7-9-5-6-13-8-9/h1-4,9,13H,5-8H2/t9-/m0/s1. The number of nitrogens with one attached hydrogen (secondary N) is 1. The lowest BCUT2D eigenvalue weighted by Crippen LogP contribution is -2.11. The molecule has 0 unspecified atom stereocenters. The maximum absolute atomic E-state index is 13.2. The normalized spacial score (nSPS) is 22.1. The Hall–Kier alpha value is -0.890. The molecule has 70 valence electrons. The van der Waals surface area contributed by atoms with Crippen molar-refractivity contribution >= 4 is 0 Å². The van der Waals surface area contributed by atoms with Crippen molar-refractivity contribution in [2.45, 2.75) is 12.8 Å². The van der Waals surface area contributed by atoms with Crippen LogP contribution in [0.1, 0.15) is 12.0 Å². The van der Waals surface area contributed by atoms with E-state index in [4.69, 9.17) is 0 Å². The summed E-state index contributed by atoms with van der Waals surface area (Å²) in [4.78, 5) is 0. The van der Waals surface area contributed by atoms with Gasteiger partial charge in [0.2, 0.25) is 0 Å². The van der Waals surface area contributed by atoms with Crippen LogP contribution in [0.5, 0.6) is 0 Å². The number of benzene rings is 1. The molecule has 0 amide bonds. The van der Waals surface area contributed by atoms with Crippen LogP contribution in [0.3, 0.4) is 0 Å². The number of halogens is 1. The lowest BCUT2D eigenvalue weighted by molar-refractivity contribution is 0.544. The summed E-state index contributed by atoms with van der Waals surface area (Å²) in [5.74, 6) is 0.561. The van der Waals surface area contributed by atoms with Crippen molar-refractivity contribution < 1.29 is 4.39 Å². The first-order valence-corrected chi connectivity index (χ1v) is 4.80. The monoisotopic (exact) mass is 179 g/mol. The molecular formula is C11H14FN. The number of hydrogen-bond donors (Lipinski definition) is 1. The summed E-state index contributed by atoms with van der Waals surface area (Å²) in [5.41, 5.74) is 0.858. The molecule has 1 nitrogen and oxygen atoms in total. The molecule has 0 spiro atoms. The van der Waals surface area contributed by atoms with Crippen molar-refractivity contribution in [3.05, 3.63) is 35.6 Å². The quantitative estimate of drug-likeness (QED) is 0.732. The Morgan fingerprint density at radius 3 is 2.92 bits per heavy atom. The average molecular weight is 179 g/mol. The van der Waals surface area contributed by atoms with Gasteiger partial charge in [0.1, 0.15) is 5.82 Å². The fraction of sp³-hybridized carbons (Fsp3) is 0.455. The van der Waals surface area contributed by atoms with Crippen molar-refractivity contribution in [3.63, 3.8) is 0 Å². The zero-order valence-corrected chi connectivity index (χ0v) is 7.59. The first-order chi connectivity index (χ1) is 6.36. The van der Waals surface area contributed by atoms with Gasteiger partial charge in [0.05, 0.1) is 0 Å². The predicted octanol–water partition coefficient (Wildman–Crippen LogP) is 1.98. The molecule has 0 aliphatic carbocycles. The summed E-state index contributed by atoms with van der Waals surface area (Å²) >= 11 is 0. The molecule has 1 aromatic carbocycles. The van der Waals surface area contributed by atoms with Crippen LogP contribution in [0.25, 0.3) is 0 Å². The minimum absolute atomic E-state index is 0.0607. The van der Waals surface area contributed by atoms with Crippen LogP contribution in [-0.2, 0) is 6.42 Å². The molecule has 13 heavy (non-hydrogen) atoms. The fourth-order valence-electron chi connectivity index (χ4n) is 1.86. The topological polar surface area (TPSA) is 12.0 Å². The molecule has 2 heteroatoms. The molecule has 2 rings (SSSR count). The summed E-state index contributed by atoms with van der Waals surface area (Å²) in [5, 5.41) is 3.29. The molecule has 1 atom stereocenters. The van der Waals surface area contributed by atoms with E-state index in [1.54, 1.807) is 6.07 Å². The third-order valence-electron chi connectivity index (χ3n) is 2.63. The second kappa shape index (κ2) is 3.88. The van der Waals surface area contributed by atoms with E-state index in [1.165, 1.54) is 12.5 Å². The Morgan fingerprint density at radius 2 is 2.23 bits per heavy atom. The highest BCUT2D eigenvalue weighted by molar-refractivity contribution is 5.18. The molecule has 0 radical (unpaired) electrons. The van der Waals surface area contributed by atoms with Gasteiger partial charge in [0.25, 0.3) is 0 Å². The molecule has 1 N–H and O–H groups in total. The fourth-order valence-corrected chi connectivity index (χ4v) is 1.86. The molecule has 0 bridgehead atoms. The molecule has 1 aliphatic heterocycles. The lowest BCUT2D eigenvalue weighted by Gasteiger charge is -2.08. The van der Waals surface area contributed by atoms with Gasteiger partial charge in [-0.15, -0.1) is 0 Å². The average Bonchev–Trinajstić information content (AvgIpc) is 2.61. The van der Waals surface area contributed by atoms with Crippen LogP contribution in [0.2, 0.25) is 0 Å². The second-order valence-corrected chi connectivity index (χ2v) is 3.65. The summed E-state index contributed by atoms with van der Waals surface area (Å²) in [7, 11) is 0. The molecule has 1 heterocycles. The number of hydrogen-bond acceptors (Lipinski definition) is 1. The smallest absolute Gasteiger partial charge is 0.126 e. The van der Waals surface area contributed by atoms with Gasteiger partial charge >= 0.3 is 0 Å². The van der Waals surface area contributed by atoms with Gasteiger partial charge in [0.15, 0.2) is 0 Å². The third-order valence-corrected chi connectivity index (χ3v) is 2.63. The van der Waals surface area contributed by atoms with Crippen LogP contribution < -0.4 is 5.32 Å². The Balaban J connectivity index is 2.04. The van der Waals surface area contributed by atoms with Crippen LogP contribution in [0, 0.1) is 11.7 Å². The summed E-state index contributed by atoms with van der Waals surface area (Å²) in [6.45, 7) is 2.12. The first kappa shape index (κ1) is 8.70. The lowest BCUT2D eigenvalue weighted by atomic mass is 9.98. The van der Waals surface area contributed by atoms with Gasteiger partial charge < -0.3 is 5.32 Å². The Labute approximate surface area is 78.0 Å². The van der Waals surface area contributed by atoms with E-state index in [9.17, 15) is 4.39 Å². The summed E-state index contributed by atoms with van der Waals surface area (Å²) in [6.07, 6.45) is 2.05. The van der Waals surface area contributed by atoms with Gasteiger partial charge in [-0.2, -0.15) is 0 Å². The van der Waals surface area contributed by atoms with Crippen molar-refractivity contribution in [1.82, 2.24) is 5.32 Å². The van der Waals surface area contributed by atoms with E-state index in [2.05, 4.69) is 5.32 Å². The largest absolute Gasteiger partial charge is 0.316 e. The van der Waals surface area contributed by atoms with E-state index >= 15 is 0 Å². The number of rotatable bonds is 2. The van der Waals surface area contributed by atoms with E-state index < -0.39 is 0 Å². The van der Waals surface area contributed by atoms with Gasteiger partial charge in [-0.25, -0.2) is 4.39 Å². The maximum Gasteiger partial charge on any atom is 0.126 e. The summed E-state index contributed by atoms with van der Waals surface area (Å²) in [6, 6.07) is 7.07. The minimum atomic E-state index is -0.0607.